The zero-order chi connectivity index (χ0) is 20.5. The molecule has 2 rings (SSSR count). The Labute approximate surface area is 162 Å². The van der Waals surface area contributed by atoms with Crippen LogP contribution in [-0.2, 0) is 14.3 Å². The molecule has 0 aliphatic heterocycles. The van der Waals surface area contributed by atoms with Crippen LogP contribution in [0, 0.1) is 11.3 Å². The third kappa shape index (κ3) is 5.57. The Bertz CT molecular complexity index is 903. The molecule has 0 bridgehead atoms. The van der Waals surface area contributed by atoms with E-state index in [1.54, 1.807) is 30.3 Å². The van der Waals surface area contributed by atoms with Gasteiger partial charge in [-0.2, -0.15) is 5.26 Å². The first-order chi connectivity index (χ1) is 13.4. The number of nitrogens with zero attached hydrogens (tertiary/aromatic N) is 1. The van der Waals surface area contributed by atoms with Crippen molar-refractivity contribution in [2.75, 3.05) is 17.7 Å². The van der Waals surface area contributed by atoms with Crippen molar-refractivity contribution in [3.05, 3.63) is 54.1 Å². The molecule has 0 saturated heterocycles. The fraction of sp³-hybridized carbons (Fsp3) is 0.200. The van der Waals surface area contributed by atoms with Gasteiger partial charge in [0.25, 0.3) is 5.91 Å². The third-order valence-electron chi connectivity index (χ3n) is 3.66. The Morgan fingerprint density at radius 1 is 1.07 bits per heavy atom. The number of nitriles is 1. The number of rotatable bonds is 7. The van der Waals surface area contributed by atoms with E-state index in [1.807, 2.05) is 0 Å². The SMILES string of the molecule is COc1ccccc1NC(=O)[C@H](C)OC(=O)c1ccc(NC(=O)CC#N)cc1. The summed E-state index contributed by atoms with van der Waals surface area (Å²) in [6, 6.07) is 14.5. The highest BCUT2D eigenvalue weighted by Crippen LogP contribution is 2.23. The first kappa shape index (κ1) is 20.5. The number of para-hydroxylation sites is 2. The number of benzene rings is 2. The summed E-state index contributed by atoms with van der Waals surface area (Å²) in [6.07, 6.45) is -1.30. The lowest BCUT2D eigenvalue weighted by Gasteiger charge is -2.15. The van der Waals surface area contributed by atoms with Gasteiger partial charge in [-0.1, -0.05) is 12.1 Å². The van der Waals surface area contributed by atoms with Crippen LogP contribution in [0.3, 0.4) is 0 Å². The molecule has 2 aromatic carbocycles. The normalized spacial score (nSPS) is 10.9. The molecule has 0 aliphatic carbocycles. The number of amides is 2. The number of carbonyl (C=O) groups excluding carboxylic acids is 3. The maximum Gasteiger partial charge on any atom is 0.338 e. The van der Waals surface area contributed by atoms with E-state index in [9.17, 15) is 14.4 Å². The quantitative estimate of drug-likeness (QED) is 0.712. The molecule has 8 nitrogen and oxygen atoms in total. The second kappa shape index (κ2) is 9.73. The molecule has 0 aromatic heterocycles. The van der Waals surface area contributed by atoms with Crippen LogP contribution in [0.25, 0.3) is 0 Å². The van der Waals surface area contributed by atoms with Crippen molar-refractivity contribution in [1.29, 1.82) is 5.26 Å². The minimum absolute atomic E-state index is 0.218. The average Bonchev–Trinajstić information content (AvgIpc) is 2.69. The van der Waals surface area contributed by atoms with E-state index in [-0.39, 0.29) is 12.0 Å². The summed E-state index contributed by atoms with van der Waals surface area (Å²) in [5, 5.41) is 13.6. The molecule has 28 heavy (non-hydrogen) atoms. The maximum atomic E-state index is 12.3. The van der Waals surface area contributed by atoms with Crippen LogP contribution in [0.1, 0.15) is 23.7 Å². The number of nitrogens with one attached hydrogen (secondary N) is 2. The van der Waals surface area contributed by atoms with Crippen LogP contribution >= 0.6 is 0 Å². The summed E-state index contributed by atoms with van der Waals surface area (Å²) in [5.41, 5.74) is 1.13. The van der Waals surface area contributed by atoms with Crippen molar-refractivity contribution in [2.45, 2.75) is 19.4 Å². The molecule has 0 heterocycles. The van der Waals surface area contributed by atoms with Gasteiger partial charge in [0.05, 0.1) is 24.4 Å². The second-order valence-electron chi connectivity index (χ2n) is 5.70. The van der Waals surface area contributed by atoms with Crippen molar-refractivity contribution in [1.82, 2.24) is 0 Å². The highest BCUT2D eigenvalue weighted by Gasteiger charge is 2.20. The Morgan fingerprint density at radius 3 is 2.39 bits per heavy atom. The van der Waals surface area contributed by atoms with Crippen LogP contribution < -0.4 is 15.4 Å². The molecule has 144 valence electrons. The standard InChI is InChI=1S/C20H19N3O5/c1-13(19(25)23-16-5-3-4-6-17(16)27-2)28-20(26)14-7-9-15(10-8-14)22-18(24)11-12-21/h3-10,13H,11H2,1-2H3,(H,22,24)(H,23,25)/t13-/m0/s1. The van der Waals surface area contributed by atoms with Crippen molar-refractivity contribution in [2.24, 2.45) is 0 Å². The third-order valence-corrected chi connectivity index (χ3v) is 3.66. The molecule has 0 unspecified atom stereocenters. The molecule has 8 heteroatoms. The Morgan fingerprint density at radius 2 is 1.75 bits per heavy atom. The fourth-order valence-electron chi connectivity index (χ4n) is 2.23. The first-order valence-electron chi connectivity index (χ1n) is 8.36. The number of carbonyl (C=O) groups is 3. The zero-order valence-electron chi connectivity index (χ0n) is 15.4. The van der Waals surface area contributed by atoms with Crippen molar-refractivity contribution in [3.63, 3.8) is 0 Å². The summed E-state index contributed by atoms with van der Waals surface area (Å²) in [4.78, 5) is 35.8. The summed E-state index contributed by atoms with van der Waals surface area (Å²) >= 11 is 0. The molecule has 0 spiro atoms. The van der Waals surface area contributed by atoms with Gasteiger partial charge in [-0.25, -0.2) is 4.79 Å². The van der Waals surface area contributed by atoms with Crippen molar-refractivity contribution >= 4 is 29.2 Å². The van der Waals surface area contributed by atoms with E-state index < -0.39 is 23.9 Å². The average molecular weight is 381 g/mol. The summed E-state index contributed by atoms with van der Waals surface area (Å²) in [6.45, 7) is 1.46. The van der Waals surface area contributed by atoms with Gasteiger partial charge in [0.2, 0.25) is 5.91 Å². The lowest BCUT2D eigenvalue weighted by molar-refractivity contribution is -0.123. The molecular weight excluding hydrogens is 362 g/mol. The summed E-state index contributed by atoms with van der Waals surface area (Å²) in [5.74, 6) is -1.14. The Balaban J connectivity index is 1.95. The number of ether oxygens (including phenoxy) is 2. The molecular formula is C20H19N3O5. The van der Waals surface area contributed by atoms with Gasteiger partial charge in [-0.3, -0.25) is 9.59 Å². The minimum atomic E-state index is -1.03. The minimum Gasteiger partial charge on any atom is -0.495 e. The lowest BCUT2D eigenvalue weighted by Crippen LogP contribution is -2.30. The van der Waals surface area contributed by atoms with E-state index in [4.69, 9.17) is 14.7 Å². The van der Waals surface area contributed by atoms with Gasteiger partial charge in [0, 0.05) is 5.69 Å². The van der Waals surface area contributed by atoms with Crippen LogP contribution in [-0.4, -0.2) is 31.0 Å². The van der Waals surface area contributed by atoms with Crippen LogP contribution in [0.15, 0.2) is 48.5 Å². The molecule has 2 N–H and O–H groups in total. The van der Waals surface area contributed by atoms with Crippen LogP contribution in [0.5, 0.6) is 5.75 Å². The van der Waals surface area contributed by atoms with Crippen molar-refractivity contribution < 1.29 is 23.9 Å². The van der Waals surface area contributed by atoms with Gasteiger partial charge in [0.1, 0.15) is 12.2 Å². The molecule has 0 radical (unpaired) electrons. The van der Waals surface area contributed by atoms with Gasteiger partial charge in [-0.05, 0) is 43.3 Å². The predicted molar refractivity (Wildman–Crippen MR) is 102 cm³/mol. The number of methoxy groups -OCH3 is 1. The highest BCUT2D eigenvalue weighted by atomic mass is 16.5. The monoisotopic (exact) mass is 381 g/mol. The maximum absolute atomic E-state index is 12.3. The van der Waals surface area contributed by atoms with Gasteiger partial charge in [-0.15, -0.1) is 0 Å². The number of hydrogen-bond donors (Lipinski definition) is 2. The second-order valence-corrected chi connectivity index (χ2v) is 5.70. The topological polar surface area (TPSA) is 118 Å². The Kier molecular flexibility index (Phi) is 7.11. The number of anilines is 2. The highest BCUT2D eigenvalue weighted by molar-refractivity contribution is 5.98. The fourth-order valence-corrected chi connectivity index (χ4v) is 2.23. The first-order valence-corrected chi connectivity index (χ1v) is 8.36. The number of hydrogen-bond acceptors (Lipinski definition) is 6. The van der Waals surface area contributed by atoms with Gasteiger partial charge < -0.3 is 20.1 Å². The Hall–Kier alpha value is -3.86. The van der Waals surface area contributed by atoms with Gasteiger partial charge >= 0.3 is 5.97 Å². The van der Waals surface area contributed by atoms with E-state index in [0.717, 1.165) is 0 Å². The molecule has 2 amide bonds. The predicted octanol–water partition coefficient (Wildman–Crippen LogP) is 2.73. The lowest BCUT2D eigenvalue weighted by atomic mass is 10.2. The van der Waals surface area contributed by atoms with E-state index >= 15 is 0 Å². The number of esters is 1. The van der Waals surface area contributed by atoms with E-state index in [2.05, 4.69) is 10.6 Å². The van der Waals surface area contributed by atoms with Crippen molar-refractivity contribution in [3.8, 4) is 11.8 Å². The zero-order valence-corrected chi connectivity index (χ0v) is 15.4. The van der Waals surface area contributed by atoms with Gasteiger partial charge in [0.15, 0.2) is 6.10 Å². The molecule has 1 atom stereocenters. The largest absolute Gasteiger partial charge is 0.495 e. The summed E-state index contributed by atoms with van der Waals surface area (Å²) in [7, 11) is 1.49. The van der Waals surface area contributed by atoms with Crippen LogP contribution in [0.2, 0.25) is 0 Å². The summed E-state index contributed by atoms with van der Waals surface area (Å²) < 4.78 is 10.3. The molecule has 0 saturated carbocycles. The molecule has 0 aliphatic rings. The van der Waals surface area contributed by atoms with E-state index in [1.165, 1.54) is 38.3 Å². The molecule has 0 fully saturated rings. The smallest absolute Gasteiger partial charge is 0.338 e. The van der Waals surface area contributed by atoms with Crippen LogP contribution in [0.4, 0.5) is 11.4 Å². The molecule has 2 aromatic rings. The van der Waals surface area contributed by atoms with E-state index in [0.29, 0.717) is 17.1 Å².